The molecule has 0 saturated heterocycles. The number of hydrogen-bond acceptors (Lipinski definition) is 4. The zero-order chi connectivity index (χ0) is 12.4. The average molecular weight is 256 g/mol. The molecule has 0 amide bonds. The van der Waals surface area contributed by atoms with Crippen molar-refractivity contribution in [1.29, 1.82) is 0 Å². The number of hydrogen-bond donors (Lipinski definition) is 1. The lowest BCUT2D eigenvalue weighted by Crippen LogP contribution is -2.11. The van der Waals surface area contributed by atoms with Crippen molar-refractivity contribution in [1.82, 2.24) is 0 Å². The van der Waals surface area contributed by atoms with E-state index in [4.69, 9.17) is 26.8 Å². The van der Waals surface area contributed by atoms with Crippen molar-refractivity contribution in [2.75, 3.05) is 13.3 Å². The Morgan fingerprint density at radius 2 is 2.29 bits per heavy atom. The van der Waals surface area contributed by atoms with Crippen molar-refractivity contribution < 1.29 is 14.3 Å². The number of Topliss-reactive ketones (excluding diaryl/α,β-unsaturated/α-hetero) is 1. The minimum atomic E-state index is -0.0485. The summed E-state index contributed by atoms with van der Waals surface area (Å²) in [6.45, 7) is 2.44. The summed E-state index contributed by atoms with van der Waals surface area (Å²) < 4.78 is 10.7. The van der Waals surface area contributed by atoms with Gasteiger partial charge in [-0.3, -0.25) is 4.79 Å². The Labute approximate surface area is 105 Å². The van der Waals surface area contributed by atoms with Crippen LogP contribution in [0.15, 0.2) is 6.07 Å². The van der Waals surface area contributed by atoms with Gasteiger partial charge >= 0.3 is 0 Å². The topological polar surface area (TPSA) is 61.6 Å². The third-order valence-corrected chi connectivity index (χ3v) is 3.02. The first-order chi connectivity index (χ1) is 8.19. The van der Waals surface area contributed by atoms with Gasteiger partial charge < -0.3 is 15.2 Å². The van der Waals surface area contributed by atoms with Crippen LogP contribution in [0.2, 0.25) is 5.02 Å². The molecule has 1 heterocycles. The number of nitrogens with two attached hydrogens (primary N) is 1. The van der Waals surface area contributed by atoms with Crippen LogP contribution in [0, 0.1) is 0 Å². The van der Waals surface area contributed by atoms with E-state index in [2.05, 4.69) is 0 Å². The van der Waals surface area contributed by atoms with Gasteiger partial charge in [-0.05, 0) is 13.0 Å². The number of rotatable bonds is 4. The highest BCUT2D eigenvalue weighted by molar-refractivity contribution is 6.34. The number of ketones is 1. The number of ether oxygens (including phenoxy) is 2. The van der Waals surface area contributed by atoms with Gasteiger partial charge in [0.05, 0.1) is 5.02 Å². The summed E-state index contributed by atoms with van der Waals surface area (Å²) >= 11 is 6.13. The third kappa shape index (κ3) is 2.10. The monoisotopic (exact) mass is 255 g/mol. The highest BCUT2D eigenvalue weighted by Crippen LogP contribution is 2.41. The van der Waals surface area contributed by atoms with Gasteiger partial charge in [-0.25, -0.2) is 0 Å². The minimum absolute atomic E-state index is 0.0485. The zero-order valence-electron chi connectivity index (χ0n) is 9.59. The van der Waals surface area contributed by atoms with Crippen molar-refractivity contribution in [2.24, 2.45) is 5.73 Å². The number of benzene rings is 1. The molecule has 1 aliphatic heterocycles. The van der Waals surface area contributed by atoms with Gasteiger partial charge in [-0.15, -0.1) is 0 Å². The summed E-state index contributed by atoms with van der Waals surface area (Å²) in [5, 5.41) is 0.407. The van der Waals surface area contributed by atoms with Crippen LogP contribution in [0.4, 0.5) is 0 Å². The molecular formula is C12H14ClNO3. The molecule has 0 fully saturated rings. The first-order valence-electron chi connectivity index (χ1n) is 5.53. The summed E-state index contributed by atoms with van der Waals surface area (Å²) in [7, 11) is 0. The van der Waals surface area contributed by atoms with Crippen LogP contribution in [0.5, 0.6) is 11.5 Å². The van der Waals surface area contributed by atoms with Crippen molar-refractivity contribution in [3.05, 3.63) is 22.2 Å². The first-order valence-corrected chi connectivity index (χ1v) is 5.91. The van der Waals surface area contributed by atoms with E-state index in [9.17, 15) is 4.79 Å². The van der Waals surface area contributed by atoms with Crippen molar-refractivity contribution in [2.45, 2.75) is 19.8 Å². The largest absolute Gasteiger partial charge is 0.454 e. The molecule has 4 nitrogen and oxygen atoms in total. The standard InChI is InChI=1S/C12H14ClNO3/c1-2-7-11(9(15)3-4-14)8(13)5-10-12(7)17-6-16-10/h5H,2-4,6,14H2,1H3. The SMILES string of the molecule is CCc1c2c(cc(Cl)c1C(=O)CCN)OCO2. The maximum atomic E-state index is 12.0. The quantitative estimate of drug-likeness (QED) is 0.838. The molecule has 0 radical (unpaired) electrons. The summed E-state index contributed by atoms with van der Waals surface area (Å²) in [6, 6.07) is 1.63. The molecule has 0 bridgehead atoms. The number of carbonyl (C=O) groups is 1. The molecule has 5 heteroatoms. The predicted molar refractivity (Wildman–Crippen MR) is 65.0 cm³/mol. The molecular weight excluding hydrogens is 242 g/mol. The lowest BCUT2D eigenvalue weighted by Gasteiger charge is -2.11. The Bertz CT molecular complexity index is 460. The summed E-state index contributed by atoms with van der Waals surface area (Å²) in [5.41, 5.74) is 6.73. The van der Waals surface area contributed by atoms with E-state index in [1.54, 1.807) is 6.07 Å². The van der Waals surface area contributed by atoms with Crippen LogP contribution >= 0.6 is 11.6 Å². The third-order valence-electron chi connectivity index (χ3n) is 2.72. The van der Waals surface area contributed by atoms with Crippen LogP contribution in [0.25, 0.3) is 0 Å². The van der Waals surface area contributed by atoms with E-state index in [1.807, 2.05) is 6.92 Å². The molecule has 0 saturated carbocycles. The molecule has 0 aliphatic carbocycles. The van der Waals surface area contributed by atoms with E-state index >= 15 is 0 Å². The second kappa shape index (κ2) is 4.94. The van der Waals surface area contributed by atoms with Gasteiger partial charge in [-0.1, -0.05) is 18.5 Å². The van der Waals surface area contributed by atoms with Gasteiger partial charge in [0, 0.05) is 23.6 Å². The Kier molecular flexibility index (Phi) is 3.54. The highest BCUT2D eigenvalue weighted by atomic mass is 35.5. The van der Waals surface area contributed by atoms with Gasteiger partial charge in [0.15, 0.2) is 17.3 Å². The fraction of sp³-hybridized carbons (Fsp3) is 0.417. The van der Waals surface area contributed by atoms with Crippen LogP contribution < -0.4 is 15.2 Å². The van der Waals surface area contributed by atoms with Gasteiger partial charge in [0.2, 0.25) is 6.79 Å². The number of fused-ring (bicyclic) bond motifs is 1. The van der Waals surface area contributed by atoms with Crippen molar-refractivity contribution in [3.8, 4) is 11.5 Å². The van der Waals surface area contributed by atoms with Crippen LogP contribution in [-0.4, -0.2) is 19.1 Å². The summed E-state index contributed by atoms with van der Waals surface area (Å²) in [6.07, 6.45) is 0.949. The molecule has 0 atom stereocenters. The summed E-state index contributed by atoms with van der Waals surface area (Å²) in [5.74, 6) is 1.20. The van der Waals surface area contributed by atoms with Crippen LogP contribution in [0.3, 0.4) is 0 Å². The van der Waals surface area contributed by atoms with Gasteiger partial charge in [-0.2, -0.15) is 0 Å². The molecule has 2 rings (SSSR count). The molecule has 1 aliphatic rings. The molecule has 0 aromatic heterocycles. The molecule has 0 unspecified atom stereocenters. The second-order valence-electron chi connectivity index (χ2n) is 3.76. The molecule has 1 aromatic rings. The maximum absolute atomic E-state index is 12.0. The molecule has 17 heavy (non-hydrogen) atoms. The Morgan fingerprint density at radius 1 is 1.53 bits per heavy atom. The molecule has 0 spiro atoms. The first kappa shape index (κ1) is 12.2. The van der Waals surface area contributed by atoms with E-state index in [1.165, 1.54) is 0 Å². The second-order valence-corrected chi connectivity index (χ2v) is 4.17. The lowest BCUT2D eigenvalue weighted by atomic mass is 9.98. The molecule has 1 aromatic carbocycles. The highest BCUT2D eigenvalue weighted by Gasteiger charge is 2.25. The summed E-state index contributed by atoms with van der Waals surface area (Å²) in [4.78, 5) is 12.0. The maximum Gasteiger partial charge on any atom is 0.231 e. The van der Waals surface area contributed by atoms with Crippen molar-refractivity contribution in [3.63, 3.8) is 0 Å². The van der Waals surface area contributed by atoms with Crippen LogP contribution in [0.1, 0.15) is 29.3 Å². The van der Waals surface area contributed by atoms with E-state index < -0.39 is 0 Å². The Hall–Kier alpha value is -1.26. The van der Waals surface area contributed by atoms with E-state index in [0.29, 0.717) is 35.1 Å². The predicted octanol–water partition coefficient (Wildman–Crippen LogP) is 2.16. The lowest BCUT2D eigenvalue weighted by molar-refractivity contribution is 0.0984. The van der Waals surface area contributed by atoms with Crippen molar-refractivity contribution >= 4 is 17.4 Å². The minimum Gasteiger partial charge on any atom is -0.454 e. The average Bonchev–Trinajstić information content (AvgIpc) is 2.74. The number of halogens is 1. The smallest absolute Gasteiger partial charge is 0.231 e. The fourth-order valence-corrected chi connectivity index (χ4v) is 2.29. The van der Waals surface area contributed by atoms with Gasteiger partial charge in [0.1, 0.15) is 0 Å². The van der Waals surface area contributed by atoms with Gasteiger partial charge in [0.25, 0.3) is 0 Å². The Morgan fingerprint density at radius 3 is 2.94 bits per heavy atom. The number of carbonyl (C=O) groups excluding carboxylic acids is 1. The molecule has 2 N–H and O–H groups in total. The normalized spacial score (nSPS) is 12.9. The van der Waals surface area contributed by atoms with E-state index in [-0.39, 0.29) is 19.0 Å². The zero-order valence-corrected chi connectivity index (χ0v) is 10.3. The van der Waals surface area contributed by atoms with E-state index in [0.717, 1.165) is 5.56 Å². The molecule has 92 valence electrons. The fourth-order valence-electron chi connectivity index (χ4n) is 1.97. The van der Waals surface area contributed by atoms with Crippen LogP contribution in [-0.2, 0) is 6.42 Å². The Balaban J connectivity index is 2.54.